The van der Waals surface area contributed by atoms with Crippen LogP contribution in [0.15, 0.2) is 72.8 Å². The second kappa shape index (κ2) is 6.99. The molecule has 1 atom stereocenters. The van der Waals surface area contributed by atoms with E-state index in [-0.39, 0.29) is 29.9 Å². The fourth-order valence-corrected chi connectivity index (χ4v) is 5.56. The van der Waals surface area contributed by atoms with E-state index in [1.807, 2.05) is 55.5 Å². The summed E-state index contributed by atoms with van der Waals surface area (Å²) in [6.07, 6.45) is 0. The first-order chi connectivity index (χ1) is 14.5. The summed E-state index contributed by atoms with van der Waals surface area (Å²) < 4.78 is 14.3. The molecule has 2 heterocycles. The minimum Gasteiger partial charge on any atom is -0.304 e. The third kappa shape index (κ3) is 2.67. The molecule has 150 valence electrons. The smallest absolute Gasteiger partial charge is 0.269 e. The Morgan fingerprint density at radius 3 is 2.43 bits per heavy atom. The van der Waals surface area contributed by atoms with Gasteiger partial charge in [0.15, 0.2) is 0 Å². The van der Waals surface area contributed by atoms with Crippen molar-refractivity contribution in [3.8, 4) is 0 Å². The molecule has 1 fully saturated rings. The lowest BCUT2D eigenvalue weighted by atomic mass is 10.0. The van der Waals surface area contributed by atoms with Gasteiger partial charge in [0.25, 0.3) is 5.91 Å². The van der Waals surface area contributed by atoms with Gasteiger partial charge in [-0.15, -0.1) is 11.8 Å². The molecule has 0 aliphatic carbocycles. The van der Waals surface area contributed by atoms with Crippen LogP contribution in [0.5, 0.6) is 0 Å². The van der Waals surface area contributed by atoms with E-state index in [0.29, 0.717) is 16.9 Å². The van der Waals surface area contributed by atoms with Gasteiger partial charge in [-0.1, -0.05) is 54.1 Å². The number of carbonyl (C=O) groups is 2. The lowest BCUT2D eigenvalue weighted by Crippen LogP contribution is -2.49. The van der Waals surface area contributed by atoms with Crippen LogP contribution in [-0.2, 0) is 21.0 Å². The molecule has 0 bridgehead atoms. The molecule has 1 saturated heterocycles. The SMILES string of the molecule is Cc1ccc(N2C(=O)CS[C@@]23C(=O)N(Cc2ccccc2F)c2ccccc23)cc1. The molecule has 0 aromatic heterocycles. The second-order valence-electron chi connectivity index (χ2n) is 7.50. The van der Waals surface area contributed by atoms with Gasteiger partial charge in [-0.3, -0.25) is 14.5 Å². The molecule has 6 heteroatoms. The molecular formula is C24H19FN2O2S. The summed E-state index contributed by atoms with van der Waals surface area (Å²) in [6, 6.07) is 21.5. The topological polar surface area (TPSA) is 40.6 Å². The van der Waals surface area contributed by atoms with E-state index in [2.05, 4.69) is 0 Å². The van der Waals surface area contributed by atoms with Crippen LogP contribution in [0, 0.1) is 12.7 Å². The van der Waals surface area contributed by atoms with Crippen LogP contribution >= 0.6 is 11.8 Å². The summed E-state index contributed by atoms with van der Waals surface area (Å²) in [5.74, 6) is -0.473. The average molecular weight is 418 g/mol. The molecule has 30 heavy (non-hydrogen) atoms. The number of hydrogen-bond donors (Lipinski definition) is 0. The number of nitrogens with zero attached hydrogens (tertiary/aromatic N) is 2. The van der Waals surface area contributed by atoms with E-state index in [1.165, 1.54) is 17.8 Å². The first kappa shape index (κ1) is 18.9. The number of halogens is 1. The van der Waals surface area contributed by atoms with Crippen LogP contribution < -0.4 is 9.80 Å². The number of aryl methyl sites for hydroxylation is 1. The molecule has 0 radical (unpaired) electrons. The number of rotatable bonds is 3. The predicted molar refractivity (Wildman–Crippen MR) is 117 cm³/mol. The number of fused-ring (bicyclic) bond motifs is 2. The Labute approximate surface area is 178 Å². The van der Waals surface area contributed by atoms with E-state index in [1.54, 1.807) is 28.0 Å². The molecule has 0 unspecified atom stereocenters. The molecular weight excluding hydrogens is 399 g/mol. The Hall–Kier alpha value is -3.12. The minimum absolute atomic E-state index is 0.111. The maximum absolute atomic E-state index is 14.3. The third-order valence-corrected chi connectivity index (χ3v) is 7.03. The van der Waals surface area contributed by atoms with Crippen molar-refractivity contribution in [3.05, 3.63) is 95.3 Å². The van der Waals surface area contributed by atoms with Crippen LogP contribution in [0.4, 0.5) is 15.8 Å². The number of anilines is 2. The van der Waals surface area contributed by atoms with Crippen molar-refractivity contribution in [1.29, 1.82) is 0 Å². The van der Waals surface area contributed by atoms with Gasteiger partial charge in [-0.25, -0.2) is 4.39 Å². The minimum atomic E-state index is -1.17. The Balaban J connectivity index is 1.65. The van der Waals surface area contributed by atoms with Crippen molar-refractivity contribution in [1.82, 2.24) is 0 Å². The van der Waals surface area contributed by atoms with Gasteiger partial charge < -0.3 is 4.90 Å². The molecule has 0 N–H and O–H groups in total. The summed E-state index contributed by atoms with van der Waals surface area (Å²) in [6.45, 7) is 2.09. The highest BCUT2D eigenvalue weighted by molar-refractivity contribution is 8.02. The van der Waals surface area contributed by atoms with Crippen molar-refractivity contribution in [2.45, 2.75) is 18.3 Å². The normalized spacial score (nSPS) is 20.3. The standard InChI is InChI=1S/C24H19FN2O2S/c1-16-10-12-18(13-11-16)27-22(28)15-30-24(27)19-7-3-5-9-21(19)26(23(24)29)14-17-6-2-4-8-20(17)25/h2-13H,14-15H2,1H3/t24-/m0/s1. The quantitative estimate of drug-likeness (QED) is 0.624. The van der Waals surface area contributed by atoms with Gasteiger partial charge in [-0.2, -0.15) is 0 Å². The molecule has 5 rings (SSSR count). The number of thioether (sulfide) groups is 1. The van der Waals surface area contributed by atoms with Gasteiger partial charge in [0.1, 0.15) is 5.82 Å². The Bertz CT molecular complexity index is 1160. The number of benzene rings is 3. The second-order valence-corrected chi connectivity index (χ2v) is 8.67. The van der Waals surface area contributed by atoms with E-state index in [9.17, 15) is 14.0 Å². The number of carbonyl (C=O) groups excluding carboxylic acids is 2. The van der Waals surface area contributed by atoms with Crippen LogP contribution in [0.25, 0.3) is 0 Å². The molecule has 0 saturated carbocycles. The molecule has 1 spiro atoms. The average Bonchev–Trinajstić information content (AvgIpc) is 3.22. The largest absolute Gasteiger partial charge is 0.304 e. The Morgan fingerprint density at radius 1 is 0.967 bits per heavy atom. The first-order valence-electron chi connectivity index (χ1n) is 9.71. The lowest BCUT2D eigenvalue weighted by molar-refractivity contribution is -0.123. The summed E-state index contributed by atoms with van der Waals surface area (Å²) in [7, 11) is 0. The van der Waals surface area contributed by atoms with Gasteiger partial charge in [0.05, 0.1) is 18.0 Å². The zero-order chi connectivity index (χ0) is 20.9. The highest BCUT2D eigenvalue weighted by Crippen LogP contribution is 2.55. The molecule has 2 aliphatic heterocycles. The van der Waals surface area contributed by atoms with Gasteiger partial charge >= 0.3 is 0 Å². The summed E-state index contributed by atoms with van der Waals surface area (Å²) in [5, 5.41) is 0. The summed E-state index contributed by atoms with van der Waals surface area (Å²) >= 11 is 1.33. The van der Waals surface area contributed by atoms with E-state index >= 15 is 0 Å². The maximum Gasteiger partial charge on any atom is 0.269 e. The maximum atomic E-state index is 14.3. The van der Waals surface area contributed by atoms with Crippen molar-refractivity contribution in [3.63, 3.8) is 0 Å². The van der Waals surface area contributed by atoms with E-state index < -0.39 is 4.87 Å². The lowest BCUT2D eigenvalue weighted by Gasteiger charge is -2.33. The monoisotopic (exact) mass is 418 g/mol. The number of amides is 2. The van der Waals surface area contributed by atoms with Gasteiger partial charge in [0, 0.05) is 16.8 Å². The van der Waals surface area contributed by atoms with Gasteiger partial charge in [0.2, 0.25) is 10.8 Å². The summed E-state index contributed by atoms with van der Waals surface area (Å²) in [4.78, 5) is 28.9. The van der Waals surface area contributed by atoms with E-state index in [4.69, 9.17) is 0 Å². The van der Waals surface area contributed by atoms with E-state index in [0.717, 1.165) is 11.1 Å². The predicted octanol–water partition coefficient (Wildman–Crippen LogP) is 4.61. The van der Waals surface area contributed by atoms with Crippen molar-refractivity contribution in [2.24, 2.45) is 0 Å². The zero-order valence-corrected chi connectivity index (χ0v) is 17.2. The van der Waals surface area contributed by atoms with Crippen LogP contribution in [-0.4, -0.2) is 17.6 Å². The third-order valence-electron chi connectivity index (χ3n) is 5.64. The fourth-order valence-electron chi connectivity index (χ4n) is 4.20. The molecule has 3 aromatic carbocycles. The van der Waals surface area contributed by atoms with Crippen LogP contribution in [0.3, 0.4) is 0 Å². The zero-order valence-electron chi connectivity index (χ0n) is 16.3. The van der Waals surface area contributed by atoms with Crippen LogP contribution in [0.1, 0.15) is 16.7 Å². The van der Waals surface area contributed by atoms with Crippen molar-refractivity contribution in [2.75, 3.05) is 15.6 Å². The fraction of sp³-hybridized carbons (Fsp3) is 0.167. The molecule has 2 amide bonds. The van der Waals surface area contributed by atoms with Crippen molar-refractivity contribution >= 4 is 35.0 Å². The highest BCUT2D eigenvalue weighted by Gasteiger charge is 2.60. The molecule has 2 aliphatic rings. The number of para-hydroxylation sites is 1. The van der Waals surface area contributed by atoms with Gasteiger partial charge in [-0.05, 0) is 31.2 Å². The molecule has 4 nitrogen and oxygen atoms in total. The Morgan fingerprint density at radius 2 is 1.67 bits per heavy atom. The van der Waals surface area contributed by atoms with Crippen LogP contribution in [0.2, 0.25) is 0 Å². The summed E-state index contributed by atoms with van der Waals surface area (Å²) in [5.41, 5.74) is 3.68. The first-order valence-corrected chi connectivity index (χ1v) is 10.7. The highest BCUT2D eigenvalue weighted by atomic mass is 32.2. The van der Waals surface area contributed by atoms with Crippen molar-refractivity contribution < 1.29 is 14.0 Å². The Kier molecular flexibility index (Phi) is 4.40. The molecule has 3 aromatic rings. The number of hydrogen-bond acceptors (Lipinski definition) is 3.